The Bertz CT molecular complexity index is 117. The van der Waals surface area contributed by atoms with Crippen LogP contribution in [0.15, 0.2) is 0 Å². The van der Waals surface area contributed by atoms with Gasteiger partial charge in [0, 0.05) is 0 Å². The van der Waals surface area contributed by atoms with Gasteiger partial charge in [-0.15, -0.1) is 11.6 Å². The van der Waals surface area contributed by atoms with E-state index in [2.05, 4.69) is 4.74 Å². The highest BCUT2D eigenvalue weighted by Crippen LogP contribution is 2.26. The summed E-state index contributed by atoms with van der Waals surface area (Å²) < 4.78 is 18.6. The van der Waals surface area contributed by atoms with Crippen LogP contribution >= 0.6 is 11.6 Å². The van der Waals surface area contributed by atoms with Crippen LogP contribution in [0, 0.1) is 0 Å². The summed E-state index contributed by atoms with van der Waals surface area (Å²) in [6, 6.07) is 0. The first-order chi connectivity index (χ1) is 3.52. The Morgan fingerprint density at radius 2 is 2.83 bits per heavy atom. The molecular formula is C4H7ClO. The molecule has 1 rings (SSSR count). The molecule has 0 aliphatic carbocycles. The van der Waals surface area contributed by atoms with E-state index in [4.69, 9.17) is 14.3 Å². The van der Waals surface area contributed by atoms with E-state index in [9.17, 15) is 0 Å². The standard InChI is InChI=1S/C4H7ClO/c1-4(2-5)3-6-4/h2-3H2,1H3/t4-/m1/s1/i3D2. The molecule has 1 fully saturated rings. The fourth-order valence-electron chi connectivity index (χ4n) is 0.142. The van der Waals surface area contributed by atoms with Crippen LogP contribution in [0.5, 0.6) is 0 Å². The average Bonchev–Trinajstić information content (AvgIpc) is 2.10. The highest BCUT2D eigenvalue weighted by atomic mass is 35.5. The van der Waals surface area contributed by atoms with Crippen LogP contribution in [-0.2, 0) is 4.74 Å². The Morgan fingerprint density at radius 1 is 2.33 bits per heavy atom. The predicted octanol–water partition coefficient (Wildman–Crippen LogP) is 1.01. The van der Waals surface area contributed by atoms with Crippen molar-refractivity contribution >= 4 is 11.6 Å². The van der Waals surface area contributed by atoms with Crippen LogP contribution in [0.4, 0.5) is 0 Å². The third-order valence-electron chi connectivity index (χ3n) is 0.706. The van der Waals surface area contributed by atoms with Gasteiger partial charge in [0.15, 0.2) is 0 Å². The summed E-state index contributed by atoms with van der Waals surface area (Å²) in [6.45, 7) is 0.175. The molecule has 0 unspecified atom stereocenters. The topological polar surface area (TPSA) is 12.5 Å². The largest absolute Gasteiger partial charge is 0.369 e. The van der Waals surface area contributed by atoms with Crippen LogP contribution in [0.3, 0.4) is 0 Å². The van der Waals surface area contributed by atoms with Gasteiger partial charge in [-0.25, -0.2) is 0 Å². The second kappa shape index (κ2) is 1.11. The van der Waals surface area contributed by atoms with Crippen LogP contribution in [-0.4, -0.2) is 18.0 Å². The number of rotatable bonds is 1. The van der Waals surface area contributed by atoms with Crippen molar-refractivity contribution < 1.29 is 7.48 Å². The van der Waals surface area contributed by atoms with E-state index in [1.54, 1.807) is 6.92 Å². The molecule has 1 atom stereocenters. The van der Waals surface area contributed by atoms with Gasteiger partial charge in [0.1, 0.15) is 5.60 Å². The first-order valence-corrected chi connectivity index (χ1v) is 2.31. The fourth-order valence-corrected chi connectivity index (χ4v) is 0.251. The van der Waals surface area contributed by atoms with Gasteiger partial charge >= 0.3 is 0 Å². The third-order valence-corrected chi connectivity index (χ3v) is 1.22. The van der Waals surface area contributed by atoms with E-state index in [0.717, 1.165) is 0 Å². The minimum atomic E-state index is -1.48. The number of halogens is 1. The third kappa shape index (κ3) is 0.660. The zero-order chi connectivity index (χ0) is 6.41. The van der Waals surface area contributed by atoms with Crippen molar-refractivity contribution in [1.82, 2.24) is 0 Å². The molecule has 1 heterocycles. The first kappa shape index (κ1) is 2.53. The van der Waals surface area contributed by atoms with Crippen molar-refractivity contribution in [2.45, 2.75) is 12.5 Å². The first-order valence-electron chi connectivity index (χ1n) is 2.78. The molecule has 0 aromatic carbocycles. The Hall–Kier alpha value is 0.250. The van der Waals surface area contributed by atoms with E-state index in [1.165, 1.54) is 0 Å². The molecule has 0 spiro atoms. The summed E-state index contributed by atoms with van der Waals surface area (Å²) >= 11 is 5.36. The lowest BCUT2D eigenvalue weighted by molar-refractivity contribution is 0.347. The van der Waals surface area contributed by atoms with E-state index >= 15 is 0 Å². The molecule has 36 valence electrons. The summed E-state index contributed by atoms with van der Waals surface area (Å²) in [7, 11) is 0. The summed E-state index contributed by atoms with van der Waals surface area (Å²) in [4.78, 5) is 0. The van der Waals surface area contributed by atoms with Crippen molar-refractivity contribution in [2.24, 2.45) is 0 Å². The molecule has 0 aromatic heterocycles. The van der Waals surface area contributed by atoms with E-state index in [1.807, 2.05) is 0 Å². The predicted molar refractivity (Wildman–Crippen MR) is 25.1 cm³/mol. The lowest BCUT2D eigenvalue weighted by atomic mass is 10.3. The van der Waals surface area contributed by atoms with Crippen LogP contribution in [0.2, 0.25) is 0 Å². The second-order valence-corrected chi connectivity index (χ2v) is 1.84. The van der Waals surface area contributed by atoms with Crippen molar-refractivity contribution in [2.75, 3.05) is 12.4 Å². The molecule has 1 saturated heterocycles. The zero-order valence-corrected chi connectivity index (χ0v) is 4.25. The van der Waals surface area contributed by atoms with Gasteiger partial charge in [0.05, 0.1) is 15.2 Å². The Balaban J connectivity index is 2.55. The molecule has 0 amide bonds. The van der Waals surface area contributed by atoms with Crippen molar-refractivity contribution in [3.63, 3.8) is 0 Å². The van der Waals surface area contributed by atoms with Crippen molar-refractivity contribution in [3.05, 3.63) is 0 Å². The number of ether oxygens (including phenoxy) is 1. The Kier molecular flexibility index (Phi) is 0.468. The molecular weight excluding hydrogens is 99.5 g/mol. The summed E-state index contributed by atoms with van der Waals surface area (Å²) in [5.74, 6) is 0.222. The normalized spacial score (nSPS) is 56.3. The minimum Gasteiger partial charge on any atom is -0.369 e. The van der Waals surface area contributed by atoms with Gasteiger partial charge in [-0.2, -0.15) is 0 Å². The number of hydrogen-bond donors (Lipinski definition) is 0. The highest BCUT2D eigenvalue weighted by Gasteiger charge is 2.37. The maximum absolute atomic E-state index is 6.96. The van der Waals surface area contributed by atoms with Crippen LogP contribution in [0.1, 0.15) is 9.67 Å². The van der Waals surface area contributed by atoms with Crippen molar-refractivity contribution in [3.8, 4) is 0 Å². The van der Waals surface area contributed by atoms with Gasteiger partial charge < -0.3 is 4.74 Å². The molecule has 0 radical (unpaired) electrons. The minimum absolute atomic E-state index is 0.222. The molecule has 0 bridgehead atoms. The molecule has 1 nitrogen and oxygen atoms in total. The molecule has 0 saturated carbocycles. The summed E-state index contributed by atoms with van der Waals surface area (Å²) in [5, 5.41) is 0. The number of alkyl halides is 1. The van der Waals surface area contributed by atoms with Crippen molar-refractivity contribution in [1.29, 1.82) is 0 Å². The monoisotopic (exact) mass is 108 g/mol. The van der Waals surface area contributed by atoms with E-state index < -0.39 is 12.2 Å². The Labute approximate surface area is 45.1 Å². The van der Waals surface area contributed by atoms with Gasteiger partial charge in [-0.1, -0.05) is 0 Å². The summed E-state index contributed by atoms with van der Waals surface area (Å²) in [5.41, 5.74) is -0.714. The number of epoxide rings is 1. The lowest BCUT2D eigenvalue weighted by Gasteiger charge is -1.90. The maximum atomic E-state index is 6.96. The molecule has 1 aliphatic heterocycles. The van der Waals surface area contributed by atoms with E-state index in [-0.39, 0.29) is 5.88 Å². The van der Waals surface area contributed by atoms with Gasteiger partial charge in [-0.3, -0.25) is 0 Å². The molecule has 2 heteroatoms. The van der Waals surface area contributed by atoms with E-state index in [0.29, 0.717) is 0 Å². The molecule has 0 N–H and O–H groups in total. The SMILES string of the molecule is [2H]C1([2H])O[C@]1(C)CCl. The summed E-state index contributed by atoms with van der Waals surface area (Å²) in [6.07, 6.45) is 0. The van der Waals surface area contributed by atoms with Gasteiger partial charge in [0.2, 0.25) is 0 Å². The lowest BCUT2D eigenvalue weighted by Crippen LogP contribution is -2.04. The van der Waals surface area contributed by atoms with Crippen LogP contribution in [0.25, 0.3) is 0 Å². The Morgan fingerprint density at radius 3 is 2.83 bits per heavy atom. The average molecular weight is 109 g/mol. The van der Waals surface area contributed by atoms with Gasteiger partial charge in [0.25, 0.3) is 0 Å². The molecule has 1 aliphatic rings. The fraction of sp³-hybridized carbons (Fsp3) is 1.00. The smallest absolute Gasteiger partial charge is 0.102 e. The number of hydrogen-bond acceptors (Lipinski definition) is 1. The highest BCUT2D eigenvalue weighted by molar-refractivity contribution is 6.18. The maximum Gasteiger partial charge on any atom is 0.102 e. The quantitative estimate of drug-likeness (QED) is 0.361. The van der Waals surface area contributed by atoms with Gasteiger partial charge in [-0.05, 0) is 6.92 Å². The van der Waals surface area contributed by atoms with Crippen LogP contribution < -0.4 is 0 Å². The second-order valence-electron chi connectivity index (χ2n) is 1.57. The molecule has 0 aromatic rings. The molecule has 6 heavy (non-hydrogen) atoms. The zero-order valence-electron chi connectivity index (χ0n) is 5.49.